The summed E-state index contributed by atoms with van der Waals surface area (Å²) in [6.45, 7) is 22.8. The molecular weight excluding hydrogens is 420 g/mol. The molecule has 0 spiro atoms. The fraction of sp³-hybridized carbons (Fsp3) is 0.581. The van der Waals surface area contributed by atoms with Gasteiger partial charge in [-0.05, 0) is 46.3 Å². The van der Waals surface area contributed by atoms with Crippen LogP contribution in [0.25, 0.3) is 0 Å². The van der Waals surface area contributed by atoms with Crippen molar-refractivity contribution in [2.75, 3.05) is 0 Å². The molecule has 3 nitrogen and oxygen atoms in total. The molecule has 1 radical (unpaired) electrons. The minimum absolute atomic E-state index is 0.0108. The van der Waals surface area contributed by atoms with Crippen molar-refractivity contribution in [3.63, 3.8) is 0 Å². The lowest BCUT2D eigenvalue weighted by Crippen LogP contribution is -2.42. The molecular formula is C31H45O3. The first-order valence-corrected chi connectivity index (χ1v) is 12.9. The second-order valence-corrected chi connectivity index (χ2v) is 11.3. The molecule has 2 rings (SSSR count). The van der Waals surface area contributed by atoms with Crippen LogP contribution in [-0.2, 0) is 14.3 Å². The average Bonchev–Trinajstić information content (AvgIpc) is 2.75. The number of allylic oxidation sites excluding steroid dienone is 4. The highest BCUT2D eigenvalue weighted by Gasteiger charge is 2.47. The molecule has 0 heterocycles. The van der Waals surface area contributed by atoms with Crippen LogP contribution in [-0.4, -0.2) is 11.8 Å². The van der Waals surface area contributed by atoms with E-state index in [1.54, 1.807) is 0 Å². The smallest absolute Gasteiger partial charge is 0.303 e. The first-order valence-electron chi connectivity index (χ1n) is 12.9. The van der Waals surface area contributed by atoms with Crippen LogP contribution in [0.4, 0.5) is 0 Å². The van der Waals surface area contributed by atoms with E-state index in [0.717, 1.165) is 22.3 Å². The number of Topliss-reactive ketones (excluding diaryl/α,β-unsaturated/α-hetero) is 1. The number of esters is 1. The molecule has 0 N–H and O–H groups in total. The molecule has 1 aliphatic carbocycles. The molecule has 1 aliphatic rings. The van der Waals surface area contributed by atoms with E-state index in [-0.39, 0.29) is 23.5 Å². The SMILES string of the molecule is CC(=O)OC(C(=O)C1(C(C)C)[CH]C(C(C)C)=CC=C1)c1c(C(C)C)cc(C(C)C)cc1C(C)C. The number of rotatable bonds is 9. The Hall–Kier alpha value is -2.16. The zero-order valence-corrected chi connectivity index (χ0v) is 23.2. The van der Waals surface area contributed by atoms with Gasteiger partial charge in [0.2, 0.25) is 0 Å². The third-order valence-corrected chi connectivity index (χ3v) is 7.08. The Morgan fingerprint density at radius 1 is 0.794 bits per heavy atom. The Balaban J connectivity index is 2.82. The molecule has 2 atom stereocenters. The number of carbonyl (C=O) groups is 2. The first kappa shape index (κ1) is 28.1. The van der Waals surface area contributed by atoms with Gasteiger partial charge in [0.25, 0.3) is 0 Å². The maximum atomic E-state index is 14.5. The van der Waals surface area contributed by atoms with Crippen LogP contribution in [0.1, 0.15) is 122 Å². The van der Waals surface area contributed by atoms with Crippen LogP contribution in [0.3, 0.4) is 0 Å². The summed E-state index contributed by atoms with van der Waals surface area (Å²) in [5.74, 6) is 0.535. The third kappa shape index (κ3) is 5.73. The normalized spacial score (nSPS) is 19.4. The highest BCUT2D eigenvalue weighted by atomic mass is 16.5. The quantitative estimate of drug-likeness (QED) is 0.345. The van der Waals surface area contributed by atoms with Gasteiger partial charge in [-0.2, -0.15) is 0 Å². The van der Waals surface area contributed by atoms with Gasteiger partial charge in [0, 0.05) is 18.9 Å². The standard InChI is InChI=1S/C31H45O3/c1-18(2)24-13-12-14-31(17-24,22(9)10)30(33)29(34-23(11)32)28-26(20(5)6)15-25(19(3)4)16-27(28)21(7)8/h12-22,29H,1-11H3. The summed E-state index contributed by atoms with van der Waals surface area (Å²) in [5, 5.41) is 0. The predicted octanol–water partition coefficient (Wildman–Crippen LogP) is 8.23. The molecule has 3 heteroatoms. The van der Waals surface area contributed by atoms with Crippen molar-refractivity contribution in [1.29, 1.82) is 0 Å². The van der Waals surface area contributed by atoms with Crippen LogP contribution >= 0.6 is 0 Å². The predicted molar refractivity (Wildman–Crippen MR) is 142 cm³/mol. The van der Waals surface area contributed by atoms with Crippen molar-refractivity contribution in [2.24, 2.45) is 17.3 Å². The fourth-order valence-electron chi connectivity index (χ4n) is 4.80. The second kappa shape index (κ2) is 11.1. The van der Waals surface area contributed by atoms with Crippen LogP contribution < -0.4 is 0 Å². The minimum atomic E-state index is -0.955. The van der Waals surface area contributed by atoms with Crippen LogP contribution in [0.2, 0.25) is 0 Å². The summed E-state index contributed by atoms with van der Waals surface area (Å²) in [7, 11) is 0. The van der Waals surface area contributed by atoms with E-state index in [1.807, 2.05) is 12.2 Å². The molecule has 0 aliphatic heterocycles. The zero-order chi connectivity index (χ0) is 26.0. The van der Waals surface area contributed by atoms with E-state index in [4.69, 9.17) is 4.74 Å². The van der Waals surface area contributed by atoms with E-state index in [0.29, 0.717) is 11.8 Å². The number of ketones is 1. The number of carbonyl (C=O) groups excluding carboxylic acids is 2. The van der Waals surface area contributed by atoms with Gasteiger partial charge in [0.05, 0.1) is 5.41 Å². The Bertz CT molecular complexity index is 930. The van der Waals surface area contributed by atoms with Crippen molar-refractivity contribution in [3.05, 3.63) is 64.6 Å². The van der Waals surface area contributed by atoms with Gasteiger partial charge in [-0.25, -0.2) is 0 Å². The van der Waals surface area contributed by atoms with Crippen molar-refractivity contribution >= 4 is 11.8 Å². The third-order valence-electron chi connectivity index (χ3n) is 7.08. The molecule has 0 fully saturated rings. The topological polar surface area (TPSA) is 43.4 Å². The van der Waals surface area contributed by atoms with Gasteiger partial charge in [-0.1, -0.05) is 105 Å². The molecule has 34 heavy (non-hydrogen) atoms. The minimum Gasteiger partial charge on any atom is -0.450 e. The summed E-state index contributed by atoms with van der Waals surface area (Å²) in [6.07, 6.45) is 7.22. The van der Waals surface area contributed by atoms with E-state index < -0.39 is 17.5 Å². The van der Waals surface area contributed by atoms with Gasteiger partial charge in [-0.15, -0.1) is 0 Å². The molecule has 0 saturated carbocycles. The van der Waals surface area contributed by atoms with Gasteiger partial charge >= 0.3 is 5.97 Å². The lowest BCUT2D eigenvalue weighted by Gasteiger charge is -2.40. The average molecular weight is 466 g/mol. The highest BCUT2D eigenvalue weighted by molar-refractivity contribution is 5.96. The second-order valence-electron chi connectivity index (χ2n) is 11.3. The fourth-order valence-corrected chi connectivity index (χ4v) is 4.80. The largest absolute Gasteiger partial charge is 0.450 e. The van der Waals surface area contributed by atoms with Gasteiger partial charge < -0.3 is 4.74 Å². The lowest BCUT2D eigenvalue weighted by molar-refractivity contribution is -0.157. The van der Waals surface area contributed by atoms with Crippen LogP contribution in [0.5, 0.6) is 0 Å². The summed E-state index contributed by atoms with van der Waals surface area (Å²) < 4.78 is 5.94. The Morgan fingerprint density at radius 2 is 1.32 bits per heavy atom. The monoisotopic (exact) mass is 465 g/mol. The maximum absolute atomic E-state index is 14.5. The summed E-state index contributed by atoms with van der Waals surface area (Å²) >= 11 is 0. The van der Waals surface area contributed by atoms with Crippen molar-refractivity contribution in [2.45, 2.75) is 100 Å². The van der Waals surface area contributed by atoms with E-state index in [1.165, 1.54) is 12.5 Å². The van der Waals surface area contributed by atoms with Crippen LogP contribution in [0, 0.1) is 23.7 Å². The van der Waals surface area contributed by atoms with E-state index >= 15 is 0 Å². The Kier molecular flexibility index (Phi) is 9.13. The summed E-state index contributed by atoms with van der Waals surface area (Å²) in [5.41, 5.74) is 4.60. The molecule has 0 amide bonds. The van der Waals surface area contributed by atoms with Gasteiger partial charge in [0.1, 0.15) is 0 Å². The Labute approximate surface area is 208 Å². The van der Waals surface area contributed by atoms with Gasteiger partial charge in [0.15, 0.2) is 11.9 Å². The molecule has 1 aromatic carbocycles. The molecule has 0 bridgehead atoms. The summed E-state index contributed by atoms with van der Waals surface area (Å²) in [4.78, 5) is 26.9. The van der Waals surface area contributed by atoms with E-state index in [2.05, 4.69) is 93.9 Å². The lowest BCUT2D eigenvalue weighted by atomic mass is 9.64. The molecule has 1 aromatic rings. The summed E-state index contributed by atoms with van der Waals surface area (Å²) in [6, 6.07) is 4.42. The van der Waals surface area contributed by atoms with E-state index in [9.17, 15) is 9.59 Å². The molecule has 0 aromatic heterocycles. The van der Waals surface area contributed by atoms with Crippen molar-refractivity contribution in [3.8, 4) is 0 Å². The van der Waals surface area contributed by atoms with Gasteiger partial charge in [-0.3, -0.25) is 9.59 Å². The van der Waals surface area contributed by atoms with Crippen molar-refractivity contribution < 1.29 is 14.3 Å². The van der Waals surface area contributed by atoms with Crippen molar-refractivity contribution in [1.82, 2.24) is 0 Å². The number of hydrogen-bond donors (Lipinski definition) is 0. The molecule has 2 unspecified atom stereocenters. The number of hydrogen-bond acceptors (Lipinski definition) is 3. The first-order chi connectivity index (χ1) is 15.7. The highest BCUT2D eigenvalue weighted by Crippen LogP contribution is 2.47. The number of ether oxygens (including phenoxy) is 1. The Morgan fingerprint density at radius 3 is 1.71 bits per heavy atom. The zero-order valence-electron chi connectivity index (χ0n) is 23.2. The van der Waals surface area contributed by atoms with Crippen LogP contribution in [0.15, 0.2) is 35.9 Å². The number of benzene rings is 1. The maximum Gasteiger partial charge on any atom is 0.303 e. The molecule has 187 valence electrons. The molecule has 0 saturated heterocycles.